The molecule has 0 saturated carbocycles. The van der Waals surface area contributed by atoms with Gasteiger partial charge in [0, 0.05) is 17.0 Å². The molecule has 2 aromatic carbocycles. The second kappa shape index (κ2) is 10.8. The number of rotatable bonds is 6. The molecule has 186 valence electrons. The van der Waals surface area contributed by atoms with Crippen LogP contribution in [-0.4, -0.2) is 16.7 Å². The summed E-state index contributed by atoms with van der Waals surface area (Å²) in [6.07, 6.45) is 1.20. The van der Waals surface area contributed by atoms with Gasteiger partial charge in [-0.15, -0.1) is 0 Å². The first-order valence-corrected chi connectivity index (χ1v) is 11.5. The fourth-order valence-electron chi connectivity index (χ4n) is 4.13. The van der Waals surface area contributed by atoms with E-state index in [0.717, 1.165) is 36.0 Å². The van der Waals surface area contributed by atoms with Crippen LogP contribution in [-0.2, 0) is 6.18 Å². The molecule has 1 aliphatic heterocycles. The van der Waals surface area contributed by atoms with Gasteiger partial charge in [0.25, 0.3) is 5.91 Å². The first kappa shape index (κ1) is 26.1. The molecule has 1 amide bonds. The molecule has 0 radical (unpaired) electrons. The van der Waals surface area contributed by atoms with E-state index in [1.54, 1.807) is 18.2 Å². The molecule has 0 aliphatic carbocycles. The highest BCUT2D eigenvalue weighted by Crippen LogP contribution is 2.32. The first-order valence-electron chi connectivity index (χ1n) is 11.5. The van der Waals surface area contributed by atoms with Crippen molar-refractivity contribution in [1.82, 2.24) is 5.32 Å². The van der Waals surface area contributed by atoms with E-state index in [-0.39, 0.29) is 11.6 Å². The maximum Gasteiger partial charge on any atom is 0.416 e. The number of carbonyl (C=O) groups is 1. The number of aliphatic imine (C=N–C) groups is 1. The van der Waals surface area contributed by atoms with E-state index in [9.17, 15) is 23.1 Å². The van der Waals surface area contributed by atoms with E-state index in [4.69, 9.17) is 4.99 Å². The number of amides is 1. The van der Waals surface area contributed by atoms with Crippen LogP contribution in [0.4, 0.5) is 18.9 Å². The van der Waals surface area contributed by atoms with Crippen molar-refractivity contribution in [3.8, 4) is 5.75 Å². The number of phenolic OH excluding ortho intramolecular Hbond substituents is 1. The van der Waals surface area contributed by atoms with E-state index in [1.165, 1.54) is 5.57 Å². The van der Waals surface area contributed by atoms with Gasteiger partial charge in [-0.3, -0.25) is 4.79 Å². The Morgan fingerprint density at radius 2 is 1.94 bits per heavy atom. The van der Waals surface area contributed by atoms with Crippen molar-refractivity contribution in [2.45, 2.75) is 52.8 Å². The number of nitrogens with zero attached hydrogens (tertiary/aromatic N) is 1. The second-order valence-corrected chi connectivity index (χ2v) is 8.93. The van der Waals surface area contributed by atoms with E-state index in [2.05, 4.69) is 36.6 Å². The fourth-order valence-corrected chi connectivity index (χ4v) is 4.13. The molecule has 0 saturated heterocycles. The molecule has 3 N–H and O–H groups in total. The highest BCUT2D eigenvalue weighted by molar-refractivity contribution is 6.04. The highest BCUT2D eigenvalue weighted by atomic mass is 19.4. The molecular weight excluding hydrogens is 455 g/mol. The third kappa shape index (κ3) is 7.21. The largest absolute Gasteiger partial charge is 0.508 e. The van der Waals surface area contributed by atoms with Gasteiger partial charge in [0.2, 0.25) is 0 Å². The van der Waals surface area contributed by atoms with Gasteiger partial charge in [0.05, 0.1) is 11.6 Å². The summed E-state index contributed by atoms with van der Waals surface area (Å²) in [5, 5.41) is 15.8. The third-order valence-corrected chi connectivity index (χ3v) is 5.62. The predicted octanol–water partition coefficient (Wildman–Crippen LogP) is 6.99. The Hall–Kier alpha value is -3.55. The summed E-state index contributed by atoms with van der Waals surface area (Å²) in [7, 11) is 0. The lowest BCUT2D eigenvalue weighted by molar-refractivity contribution is -0.137. The summed E-state index contributed by atoms with van der Waals surface area (Å²) in [5.41, 5.74) is 2.14. The fraction of sp³-hybridized carbons (Fsp3) is 0.333. The topological polar surface area (TPSA) is 73.7 Å². The quantitative estimate of drug-likeness (QED) is 0.413. The zero-order chi connectivity index (χ0) is 25.8. The van der Waals surface area contributed by atoms with Crippen LogP contribution >= 0.6 is 0 Å². The van der Waals surface area contributed by atoms with E-state index in [0.29, 0.717) is 23.7 Å². The maximum absolute atomic E-state index is 13.1. The standard InChI is InChI=1S/C27H30F3N3O2/c1-5-24(33-25-11-17(3)9-16(2)10-18(4)31-25)19-7-6-8-22(13-19)32-26(35)20-12-21(27(28,29)30)15-23(34)14-20/h6-8,10-15,17,24,33-34H,5,9H2,1-4H3,(H,32,35)/t17?,24-/m0/s1. The van der Waals surface area contributed by atoms with Crippen LogP contribution < -0.4 is 10.6 Å². The molecule has 0 bridgehead atoms. The Bertz CT molecular complexity index is 1180. The first-order chi connectivity index (χ1) is 16.4. The number of benzene rings is 2. The summed E-state index contributed by atoms with van der Waals surface area (Å²) in [6.45, 7) is 8.22. The summed E-state index contributed by atoms with van der Waals surface area (Å²) in [5.74, 6) is -0.280. The molecule has 5 nitrogen and oxygen atoms in total. The van der Waals surface area contributed by atoms with Crippen molar-refractivity contribution in [3.63, 3.8) is 0 Å². The van der Waals surface area contributed by atoms with Gasteiger partial charge in [-0.25, -0.2) is 4.99 Å². The lowest BCUT2D eigenvalue weighted by Crippen LogP contribution is -2.21. The smallest absolute Gasteiger partial charge is 0.416 e. The van der Waals surface area contributed by atoms with Crippen molar-refractivity contribution in [1.29, 1.82) is 0 Å². The van der Waals surface area contributed by atoms with Crippen LogP contribution in [0.15, 0.2) is 71.0 Å². The number of halogens is 3. The van der Waals surface area contributed by atoms with Crippen LogP contribution in [0.3, 0.4) is 0 Å². The Morgan fingerprint density at radius 1 is 1.20 bits per heavy atom. The van der Waals surface area contributed by atoms with Crippen molar-refractivity contribution in [2.75, 3.05) is 5.32 Å². The molecule has 2 aromatic rings. The van der Waals surface area contributed by atoms with Gasteiger partial charge < -0.3 is 15.7 Å². The van der Waals surface area contributed by atoms with Gasteiger partial charge >= 0.3 is 6.18 Å². The molecule has 8 heteroatoms. The van der Waals surface area contributed by atoms with Crippen LogP contribution in [0.1, 0.15) is 68.1 Å². The highest BCUT2D eigenvalue weighted by Gasteiger charge is 2.32. The number of allylic oxidation sites excluding steroid dienone is 3. The Labute approximate surface area is 203 Å². The SMILES string of the molecule is CC[C@H](NC1=CC(C)CC(C)=CC(C)=N1)c1cccc(NC(=O)c2cc(O)cc(C(F)(F)F)c2)c1. The number of carbonyl (C=O) groups excluding carboxylic acids is 1. The average Bonchev–Trinajstić information content (AvgIpc) is 2.75. The molecular formula is C27H30F3N3O2. The maximum atomic E-state index is 13.1. The number of hydrogen-bond acceptors (Lipinski definition) is 4. The number of aromatic hydroxyl groups is 1. The Morgan fingerprint density at radius 3 is 2.63 bits per heavy atom. The zero-order valence-corrected chi connectivity index (χ0v) is 20.2. The molecule has 0 spiro atoms. The third-order valence-electron chi connectivity index (χ3n) is 5.62. The molecule has 1 aliphatic rings. The lowest BCUT2D eigenvalue weighted by Gasteiger charge is -2.22. The molecule has 2 atom stereocenters. The van der Waals surface area contributed by atoms with Gasteiger partial charge in [0.15, 0.2) is 0 Å². The normalized spacial score (nSPS) is 17.3. The molecule has 1 unspecified atom stereocenters. The molecule has 0 aromatic heterocycles. The van der Waals surface area contributed by atoms with E-state index < -0.39 is 23.4 Å². The summed E-state index contributed by atoms with van der Waals surface area (Å²) < 4.78 is 39.2. The second-order valence-electron chi connectivity index (χ2n) is 8.93. The monoisotopic (exact) mass is 485 g/mol. The Balaban J connectivity index is 1.81. The number of hydrogen-bond donors (Lipinski definition) is 3. The van der Waals surface area contributed by atoms with Crippen LogP contribution in [0.2, 0.25) is 0 Å². The van der Waals surface area contributed by atoms with Crippen molar-refractivity contribution >= 4 is 17.3 Å². The van der Waals surface area contributed by atoms with Gasteiger partial charge in [-0.1, -0.05) is 31.6 Å². The van der Waals surface area contributed by atoms with Gasteiger partial charge in [0.1, 0.15) is 11.6 Å². The van der Waals surface area contributed by atoms with Crippen molar-refractivity contribution in [3.05, 3.63) is 82.7 Å². The zero-order valence-electron chi connectivity index (χ0n) is 20.2. The summed E-state index contributed by atoms with van der Waals surface area (Å²) >= 11 is 0. The number of phenols is 1. The lowest BCUT2D eigenvalue weighted by atomic mass is 9.99. The average molecular weight is 486 g/mol. The van der Waals surface area contributed by atoms with Crippen LogP contribution in [0.5, 0.6) is 5.75 Å². The van der Waals surface area contributed by atoms with Crippen molar-refractivity contribution < 1.29 is 23.1 Å². The Kier molecular flexibility index (Phi) is 8.04. The van der Waals surface area contributed by atoms with Gasteiger partial charge in [-0.2, -0.15) is 13.2 Å². The molecule has 35 heavy (non-hydrogen) atoms. The minimum absolute atomic E-state index is 0.0936. The van der Waals surface area contributed by atoms with E-state index in [1.807, 2.05) is 19.9 Å². The minimum Gasteiger partial charge on any atom is -0.508 e. The van der Waals surface area contributed by atoms with Crippen LogP contribution in [0.25, 0.3) is 0 Å². The number of anilines is 1. The van der Waals surface area contributed by atoms with Crippen molar-refractivity contribution in [2.24, 2.45) is 10.9 Å². The summed E-state index contributed by atoms with van der Waals surface area (Å²) in [4.78, 5) is 17.3. The predicted molar refractivity (Wildman–Crippen MR) is 132 cm³/mol. The molecule has 1 heterocycles. The van der Waals surface area contributed by atoms with Gasteiger partial charge in [-0.05, 0) is 80.7 Å². The number of alkyl halides is 3. The molecule has 3 rings (SSSR count). The van der Waals surface area contributed by atoms with E-state index >= 15 is 0 Å². The van der Waals surface area contributed by atoms with Crippen LogP contribution in [0, 0.1) is 5.92 Å². The summed E-state index contributed by atoms with van der Waals surface area (Å²) in [6, 6.07) is 9.34. The number of nitrogens with one attached hydrogen (secondary N) is 2. The minimum atomic E-state index is -4.67. The molecule has 0 fully saturated rings.